The lowest BCUT2D eigenvalue weighted by Crippen LogP contribution is -2.45. The fraction of sp³-hybridized carbons (Fsp3) is 0.318. The summed E-state index contributed by atoms with van der Waals surface area (Å²) in [5.74, 6) is 0.428. The van der Waals surface area contributed by atoms with Crippen LogP contribution in [0.15, 0.2) is 36.4 Å². The maximum absolute atomic E-state index is 9.61. The summed E-state index contributed by atoms with van der Waals surface area (Å²) in [6.45, 7) is 6.75. The third-order valence-corrected chi connectivity index (χ3v) is 5.87. The van der Waals surface area contributed by atoms with E-state index in [1.54, 1.807) is 12.1 Å². The van der Waals surface area contributed by atoms with Crippen molar-refractivity contribution in [2.75, 3.05) is 11.9 Å². The second kappa shape index (κ2) is 6.99. The van der Waals surface area contributed by atoms with Gasteiger partial charge in [0.05, 0.1) is 11.6 Å². The molecule has 0 fully saturated rings. The molecule has 0 saturated carbocycles. The fourth-order valence-corrected chi connectivity index (χ4v) is 4.11. The highest BCUT2D eigenvalue weighted by atomic mass is 35.5. The molecule has 0 bridgehead atoms. The summed E-state index contributed by atoms with van der Waals surface area (Å²) in [7, 11) is 2.11. The second-order valence-electron chi connectivity index (χ2n) is 7.59. The third kappa shape index (κ3) is 3.47. The predicted molar refractivity (Wildman–Crippen MR) is 112 cm³/mol. The summed E-state index contributed by atoms with van der Waals surface area (Å²) in [6, 6.07) is 13.7. The highest BCUT2D eigenvalue weighted by Crippen LogP contribution is 2.44. The van der Waals surface area contributed by atoms with Gasteiger partial charge in [0, 0.05) is 28.3 Å². The molecule has 1 unspecified atom stereocenters. The van der Waals surface area contributed by atoms with Crippen molar-refractivity contribution in [1.29, 1.82) is 5.26 Å². The van der Waals surface area contributed by atoms with Gasteiger partial charge in [0.1, 0.15) is 0 Å². The van der Waals surface area contributed by atoms with Gasteiger partial charge in [-0.25, -0.2) is 0 Å². The summed E-state index contributed by atoms with van der Waals surface area (Å²) in [6.07, 6.45) is 2.92. The molecular weight excluding hydrogens is 363 g/mol. The van der Waals surface area contributed by atoms with E-state index < -0.39 is 0 Å². The van der Waals surface area contributed by atoms with Crippen molar-refractivity contribution >= 4 is 40.5 Å². The maximum atomic E-state index is 9.61. The Hall–Kier alpha value is -1.95. The zero-order valence-electron chi connectivity index (χ0n) is 15.5. The standard InChI is InChI=1S/C22H22Cl2N2/c1-14-12-22(2,3)26(4)21-11-20(24)16(10-19(14)21)8-17(13-25)15-6-5-7-18(23)9-15/h5-11,14H,12H2,1-4H3/b17-8-. The lowest BCUT2D eigenvalue weighted by Gasteiger charge is -2.45. The molecule has 1 aliphatic rings. The van der Waals surface area contributed by atoms with Crippen molar-refractivity contribution in [3.63, 3.8) is 0 Å². The van der Waals surface area contributed by atoms with Crippen molar-refractivity contribution in [2.24, 2.45) is 0 Å². The minimum Gasteiger partial charge on any atom is -0.369 e. The van der Waals surface area contributed by atoms with Crippen molar-refractivity contribution in [1.82, 2.24) is 0 Å². The molecule has 2 aromatic rings. The lowest BCUT2D eigenvalue weighted by atomic mass is 9.80. The lowest BCUT2D eigenvalue weighted by molar-refractivity contribution is 0.395. The molecule has 0 saturated heterocycles. The summed E-state index contributed by atoms with van der Waals surface area (Å²) >= 11 is 12.6. The molecule has 0 amide bonds. The van der Waals surface area contributed by atoms with E-state index in [2.05, 4.69) is 44.9 Å². The molecule has 0 aromatic heterocycles. The van der Waals surface area contributed by atoms with Gasteiger partial charge < -0.3 is 4.90 Å². The number of hydrogen-bond donors (Lipinski definition) is 0. The monoisotopic (exact) mass is 384 g/mol. The fourth-order valence-electron chi connectivity index (χ4n) is 3.71. The largest absolute Gasteiger partial charge is 0.369 e. The number of halogens is 2. The van der Waals surface area contributed by atoms with Crippen LogP contribution in [0.4, 0.5) is 5.69 Å². The number of nitriles is 1. The summed E-state index contributed by atoms with van der Waals surface area (Å²) in [5, 5.41) is 10.9. The Morgan fingerprint density at radius 1 is 1.27 bits per heavy atom. The van der Waals surface area contributed by atoms with Crippen LogP contribution in [-0.4, -0.2) is 12.6 Å². The minimum absolute atomic E-state index is 0.0890. The summed E-state index contributed by atoms with van der Waals surface area (Å²) in [4.78, 5) is 2.30. The number of anilines is 1. The highest BCUT2D eigenvalue weighted by Gasteiger charge is 2.34. The number of fused-ring (bicyclic) bond motifs is 1. The SMILES string of the molecule is CC1CC(C)(C)N(C)c2cc(Cl)c(/C=C(/C#N)c3cccc(Cl)c3)cc21. The quantitative estimate of drug-likeness (QED) is 0.421. The van der Waals surface area contributed by atoms with E-state index in [1.165, 1.54) is 5.56 Å². The van der Waals surface area contributed by atoms with Crippen LogP contribution in [-0.2, 0) is 0 Å². The molecule has 0 radical (unpaired) electrons. The molecule has 2 aromatic carbocycles. The number of allylic oxidation sites excluding steroid dienone is 1. The average molecular weight is 385 g/mol. The molecule has 1 atom stereocenters. The minimum atomic E-state index is 0.0890. The first-order valence-corrected chi connectivity index (χ1v) is 9.43. The molecular formula is C22H22Cl2N2. The van der Waals surface area contributed by atoms with Crippen molar-refractivity contribution < 1.29 is 0 Å². The van der Waals surface area contributed by atoms with Crippen LogP contribution in [0.3, 0.4) is 0 Å². The van der Waals surface area contributed by atoms with Crippen LogP contribution in [0.1, 0.15) is 49.8 Å². The van der Waals surface area contributed by atoms with E-state index in [9.17, 15) is 5.26 Å². The second-order valence-corrected chi connectivity index (χ2v) is 8.43. The van der Waals surface area contributed by atoms with Gasteiger partial charge in [-0.2, -0.15) is 5.26 Å². The maximum Gasteiger partial charge on any atom is 0.0998 e. The topological polar surface area (TPSA) is 27.0 Å². The molecule has 4 heteroatoms. The van der Waals surface area contributed by atoms with Gasteiger partial charge in [-0.3, -0.25) is 0 Å². The predicted octanol–water partition coefficient (Wildman–Crippen LogP) is 6.78. The van der Waals surface area contributed by atoms with Crippen molar-refractivity contribution in [3.8, 4) is 6.07 Å². The van der Waals surface area contributed by atoms with Crippen LogP contribution in [0.2, 0.25) is 10.0 Å². The molecule has 3 rings (SSSR count). The Kier molecular flexibility index (Phi) is 5.06. The van der Waals surface area contributed by atoms with Gasteiger partial charge in [0.25, 0.3) is 0 Å². The molecule has 0 spiro atoms. The van der Waals surface area contributed by atoms with E-state index in [0.717, 1.165) is 23.2 Å². The van der Waals surface area contributed by atoms with Crippen LogP contribution in [0.25, 0.3) is 11.6 Å². The molecule has 0 N–H and O–H groups in total. The van der Waals surface area contributed by atoms with E-state index >= 15 is 0 Å². The summed E-state index contributed by atoms with van der Waals surface area (Å²) < 4.78 is 0. The van der Waals surface area contributed by atoms with E-state index in [4.69, 9.17) is 23.2 Å². The Morgan fingerprint density at radius 3 is 2.65 bits per heavy atom. The Balaban J connectivity index is 2.10. The van der Waals surface area contributed by atoms with Gasteiger partial charge in [0.15, 0.2) is 0 Å². The van der Waals surface area contributed by atoms with Crippen molar-refractivity contribution in [3.05, 3.63) is 63.1 Å². The number of hydrogen-bond acceptors (Lipinski definition) is 2. The van der Waals surface area contributed by atoms with Gasteiger partial charge in [-0.1, -0.05) is 42.3 Å². The van der Waals surface area contributed by atoms with Crippen LogP contribution < -0.4 is 4.90 Å². The molecule has 1 heterocycles. The van der Waals surface area contributed by atoms with Gasteiger partial charge >= 0.3 is 0 Å². The number of rotatable bonds is 2. The first kappa shape index (κ1) is 18.8. The number of nitrogens with zero attached hydrogens (tertiary/aromatic N) is 2. The summed E-state index contributed by atoms with van der Waals surface area (Å²) in [5.41, 5.74) is 4.72. The number of benzene rings is 2. The molecule has 0 aliphatic carbocycles. The molecule has 26 heavy (non-hydrogen) atoms. The smallest absolute Gasteiger partial charge is 0.0998 e. The Morgan fingerprint density at radius 2 is 2.00 bits per heavy atom. The molecule has 2 nitrogen and oxygen atoms in total. The van der Waals surface area contributed by atoms with E-state index in [1.807, 2.05) is 24.3 Å². The van der Waals surface area contributed by atoms with Gasteiger partial charge in [-0.15, -0.1) is 0 Å². The zero-order valence-corrected chi connectivity index (χ0v) is 17.0. The van der Waals surface area contributed by atoms with E-state index in [0.29, 0.717) is 21.5 Å². The van der Waals surface area contributed by atoms with E-state index in [-0.39, 0.29) is 5.54 Å². The molecule has 134 valence electrons. The van der Waals surface area contributed by atoms with Gasteiger partial charge in [0.2, 0.25) is 0 Å². The van der Waals surface area contributed by atoms with Crippen LogP contribution in [0.5, 0.6) is 0 Å². The van der Waals surface area contributed by atoms with Crippen LogP contribution in [0, 0.1) is 11.3 Å². The Labute approximate surface area is 165 Å². The average Bonchev–Trinajstić information content (AvgIpc) is 2.58. The van der Waals surface area contributed by atoms with Crippen molar-refractivity contribution in [2.45, 2.75) is 38.6 Å². The zero-order chi connectivity index (χ0) is 19.1. The highest BCUT2D eigenvalue weighted by molar-refractivity contribution is 6.32. The Bertz CT molecular complexity index is 922. The third-order valence-electron chi connectivity index (χ3n) is 5.31. The van der Waals surface area contributed by atoms with Crippen LogP contribution >= 0.6 is 23.2 Å². The first-order valence-electron chi connectivity index (χ1n) is 8.68. The molecule has 1 aliphatic heterocycles. The van der Waals surface area contributed by atoms with Gasteiger partial charge in [-0.05, 0) is 73.2 Å². The normalized spacial score (nSPS) is 19.0. The first-order chi connectivity index (χ1) is 12.2.